The molecule has 2 heterocycles. The molecule has 8 nitrogen and oxygen atoms in total. The monoisotopic (exact) mass is 333 g/mol. The molecule has 0 radical (unpaired) electrons. The lowest BCUT2D eigenvalue weighted by Crippen LogP contribution is -2.31. The Labute approximate surface area is 131 Å². The Morgan fingerprint density at radius 1 is 1.30 bits per heavy atom. The highest BCUT2D eigenvalue weighted by molar-refractivity contribution is 7.90. The highest BCUT2D eigenvalue weighted by Gasteiger charge is 2.21. The number of sulfonamides is 1. The Morgan fingerprint density at radius 2 is 2.13 bits per heavy atom. The first-order valence-electron chi connectivity index (χ1n) is 6.49. The number of carbonyl (C=O) groups excluding carboxylic acids is 2. The summed E-state index contributed by atoms with van der Waals surface area (Å²) in [6.45, 7) is -0.161. The van der Waals surface area contributed by atoms with Crippen molar-refractivity contribution in [2.75, 3.05) is 11.9 Å². The van der Waals surface area contributed by atoms with Crippen LogP contribution in [0, 0.1) is 0 Å². The fraction of sp³-hybridized carbons (Fsp3) is 0.0714. The van der Waals surface area contributed by atoms with Crippen LogP contribution < -0.4 is 14.8 Å². The number of benzene rings is 1. The maximum Gasteiger partial charge on any atom is 0.265 e. The van der Waals surface area contributed by atoms with Gasteiger partial charge in [0, 0.05) is 18.0 Å². The Kier molecular flexibility index (Phi) is 3.70. The molecule has 2 N–H and O–H groups in total. The lowest BCUT2D eigenvalue weighted by molar-refractivity contribution is -0.118. The third-order valence-electron chi connectivity index (χ3n) is 3.05. The van der Waals surface area contributed by atoms with Crippen LogP contribution in [0.2, 0.25) is 0 Å². The number of hydrogen-bond donors (Lipinski definition) is 2. The Hall–Kier alpha value is -2.94. The lowest BCUT2D eigenvalue weighted by Gasteiger charge is -2.18. The highest BCUT2D eigenvalue weighted by Crippen LogP contribution is 2.28. The van der Waals surface area contributed by atoms with Gasteiger partial charge >= 0.3 is 0 Å². The second-order valence-electron chi connectivity index (χ2n) is 4.67. The zero-order valence-electron chi connectivity index (χ0n) is 11.6. The van der Waals surface area contributed by atoms with Crippen molar-refractivity contribution in [2.45, 2.75) is 4.90 Å². The number of carbonyl (C=O) groups is 2. The third-order valence-corrected chi connectivity index (χ3v) is 4.36. The zero-order chi connectivity index (χ0) is 16.4. The van der Waals surface area contributed by atoms with E-state index in [4.69, 9.17) is 4.74 Å². The number of nitrogens with zero attached hydrogens (tertiary/aromatic N) is 1. The van der Waals surface area contributed by atoms with Crippen molar-refractivity contribution in [3.8, 4) is 5.75 Å². The summed E-state index contributed by atoms with van der Waals surface area (Å²) in [6, 6.07) is 7.01. The number of aromatic nitrogens is 1. The predicted octanol–water partition coefficient (Wildman–Crippen LogP) is 0.531. The summed E-state index contributed by atoms with van der Waals surface area (Å²) in [5.74, 6) is -0.804. The standard InChI is InChI=1S/C14H11N3O5S/c18-13-8-22-12-6-9(3-4-11(12)16-13)14(19)17-23(20,21)10-2-1-5-15-7-10/h1-7H,8H2,(H,16,18)(H,17,19). The number of ether oxygens (including phenoxy) is 1. The average molecular weight is 333 g/mol. The van der Waals surface area contributed by atoms with E-state index < -0.39 is 15.9 Å². The van der Waals surface area contributed by atoms with Crippen molar-refractivity contribution in [2.24, 2.45) is 0 Å². The summed E-state index contributed by atoms with van der Waals surface area (Å²) in [5, 5.41) is 2.58. The van der Waals surface area contributed by atoms with Crippen molar-refractivity contribution >= 4 is 27.5 Å². The number of nitrogens with one attached hydrogen (secondary N) is 2. The molecule has 0 bridgehead atoms. The molecule has 2 aromatic rings. The van der Waals surface area contributed by atoms with Crippen molar-refractivity contribution in [1.82, 2.24) is 9.71 Å². The van der Waals surface area contributed by atoms with Crippen molar-refractivity contribution in [3.63, 3.8) is 0 Å². The summed E-state index contributed by atoms with van der Waals surface area (Å²) in [6.07, 6.45) is 2.57. The summed E-state index contributed by atoms with van der Waals surface area (Å²) in [5.41, 5.74) is 0.514. The molecule has 0 saturated carbocycles. The van der Waals surface area contributed by atoms with E-state index in [1.807, 2.05) is 4.72 Å². The molecule has 2 amide bonds. The SMILES string of the molecule is O=C1COc2cc(C(=O)NS(=O)(=O)c3cccnc3)ccc2N1. The van der Waals surface area contributed by atoms with E-state index in [-0.39, 0.29) is 23.0 Å². The molecule has 0 fully saturated rings. The molecule has 1 aromatic carbocycles. The second kappa shape index (κ2) is 5.69. The molecular weight excluding hydrogens is 322 g/mol. The van der Waals surface area contributed by atoms with Crippen LogP contribution in [0.1, 0.15) is 10.4 Å². The molecule has 1 aliphatic rings. The van der Waals surface area contributed by atoms with Gasteiger partial charge < -0.3 is 10.1 Å². The topological polar surface area (TPSA) is 114 Å². The van der Waals surface area contributed by atoms with E-state index in [1.165, 1.54) is 36.5 Å². The minimum atomic E-state index is -4.01. The normalized spacial score (nSPS) is 13.5. The molecule has 0 aliphatic carbocycles. The van der Waals surface area contributed by atoms with Gasteiger partial charge in [-0.1, -0.05) is 0 Å². The zero-order valence-corrected chi connectivity index (χ0v) is 12.5. The smallest absolute Gasteiger partial charge is 0.265 e. The van der Waals surface area contributed by atoms with Gasteiger partial charge in [-0.25, -0.2) is 13.1 Å². The molecule has 118 valence electrons. The minimum absolute atomic E-state index is 0.0902. The summed E-state index contributed by atoms with van der Waals surface area (Å²) < 4.78 is 31.3. The lowest BCUT2D eigenvalue weighted by atomic mass is 10.1. The number of rotatable bonds is 3. The fourth-order valence-electron chi connectivity index (χ4n) is 1.96. The molecule has 0 atom stereocenters. The molecule has 0 spiro atoms. The van der Waals surface area contributed by atoms with Gasteiger partial charge in [0.15, 0.2) is 6.61 Å². The third kappa shape index (κ3) is 3.14. The van der Waals surface area contributed by atoms with Gasteiger partial charge in [0.2, 0.25) is 0 Å². The van der Waals surface area contributed by atoms with E-state index >= 15 is 0 Å². The molecule has 23 heavy (non-hydrogen) atoms. The maximum absolute atomic E-state index is 12.1. The van der Waals surface area contributed by atoms with Gasteiger partial charge in [-0.3, -0.25) is 14.6 Å². The molecule has 1 aliphatic heterocycles. The number of anilines is 1. The summed E-state index contributed by atoms with van der Waals surface area (Å²) in [7, 11) is -4.01. The average Bonchev–Trinajstić information content (AvgIpc) is 2.54. The van der Waals surface area contributed by atoms with E-state index in [0.29, 0.717) is 11.4 Å². The number of amides is 2. The molecule has 0 saturated heterocycles. The van der Waals surface area contributed by atoms with Crippen molar-refractivity contribution in [1.29, 1.82) is 0 Å². The second-order valence-corrected chi connectivity index (χ2v) is 6.35. The molecular formula is C14H11N3O5S. The Morgan fingerprint density at radius 3 is 2.87 bits per heavy atom. The van der Waals surface area contributed by atoms with E-state index in [9.17, 15) is 18.0 Å². The van der Waals surface area contributed by atoms with E-state index in [0.717, 1.165) is 6.20 Å². The van der Waals surface area contributed by atoms with Gasteiger partial charge in [-0.15, -0.1) is 0 Å². The van der Waals surface area contributed by atoms with E-state index in [2.05, 4.69) is 10.3 Å². The minimum Gasteiger partial charge on any atom is -0.482 e. The van der Waals surface area contributed by atoms with Crippen LogP contribution in [0.15, 0.2) is 47.6 Å². The maximum atomic E-state index is 12.1. The Balaban J connectivity index is 1.83. The van der Waals surface area contributed by atoms with Crippen LogP contribution in [0.25, 0.3) is 0 Å². The van der Waals surface area contributed by atoms with Crippen molar-refractivity contribution in [3.05, 3.63) is 48.3 Å². The molecule has 3 rings (SSSR count). The first kappa shape index (κ1) is 15.0. The number of hydrogen-bond acceptors (Lipinski definition) is 6. The van der Waals surface area contributed by atoms with Crippen LogP contribution in [0.4, 0.5) is 5.69 Å². The first-order chi connectivity index (χ1) is 11.0. The van der Waals surface area contributed by atoms with Crippen LogP contribution in [-0.2, 0) is 14.8 Å². The van der Waals surface area contributed by atoms with Gasteiger partial charge in [0.05, 0.1) is 5.69 Å². The van der Waals surface area contributed by atoms with Gasteiger partial charge in [-0.05, 0) is 30.3 Å². The van der Waals surface area contributed by atoms with Gasteiger partial charge in [0.25, 0.3) is 21.8 Å². The largest absolute Gasteiger partial charge is 0.482 e. The predicted molar refractivity (Wildman–Crippen MR) is 79.5 cm³/mol. The number of fused-ring (bicyclic) bond motifs is 1. The highest BCUT2D eigenvalue weighted by atomic mass is 32.2. The van der Waals surface area contributed by atoms with Crippen LogP contribution in [0.3, 0.4) is 0 Å². The fourth-order valence-corrected chi connectivity index (χ4v) is 2.90. The van der Waals surface area contributed by atoms with E-state index in [1.54, 1.807) is 0 Å². The number of pyridine rings is 1. The van der Waals surface area contributed by atoms with Crippen LogP contribution in [-0.4, -0.2) is 31.8 Å². The molecule has 9 heteroatoms. The summed E-state index contributed by atoms with van der Waals surface area (Å²) in [4.78, 5) is 26.9. The van der Waals surface area contributed by atoms with Gasteiger partial charge in [0.1, 0.15) is 10.6 Å². The Bertz CT molecular complexity index is 881. The summed E-state index contributed by atoms with van der Waals surface area (Å²) >= 11 is 0. The van der Waals surface area contributed by atoms with Crippen LogP contribution in [0.5, 0.6) is 5.75 Å². The quantitative estimate of drug-likeness (QED) is 0.847. The van der Waals surface area contributed by atoms with Crippen LogP contribution >= 0.6 is 0 Å². The molecule has 1 aromatic heterocycles. The molecule has 0 unspecified atom stereocenters. The first-order valence-corrected chi connectivity index (χ1v) is 7.98. The van der Waals surface area contributed by atoms with Crippen molar-refractivity contribution < 1.29 is 22.7 Å². The van der Waals surface area contributed by atoms with Gasteiger partial charge in [-0.2, -0.15) is 0 Å².